The standard InChI is InChI=1S/C21H20F2N5O3/c1-11-6-17(20(31)18(11)29)26-21-14(8-24-10-25-21)19(30)16-4-5-28(27-16)9-12-2-3-13(22)7-15(12)23/h2-5,7-8,10-11,17-18,20,29,31H,1,6,9H2,(H,24,25,26)/t11-,17-,18-,20+/m1/s1. The highest BCUT2D eigenvalue weighted by Crippen LogP contribution is 2.29. The maximum Gasteiger partial charge on any atom is 0.218 e. The van der Waals surface area contributed by atoms with Crippen molar-refractivity contribution in [2.45, 2.75) is 31.2 Å². The third-order valence-corrected chi connectivity index (χ3v) is 5.30. The number of nitrogens with one attached hydrogen (secondary N) is 1. The third kappa shape index (κ3) is 4.30. The minimum atomic E-state index is -1.05. The van der Waals surface area contributed by atoms with E-state index in [-0.39, 0.29) is 35.1 Å². The number of carbonyl (C=O) groups is 1. The Morgan fingerprint density at radius 1 is 1.26 bits per heavy atom. The fourth-order valence-electron chi connectivity index (χ4n) is 3.59. The molecule has 0 bridgehead atoms. The van der Waals surface area contributed by atoms with Crippen LogP contribution < -0.4 is 5.32 Å². The second-order valence-electron chi connectivity index (χ2n) is 7.48. The number of hydrogen-bond donors (Lipinski definition) is 3. The summed E-state index contributed by atoms with van der Waals surface area (Å²) in [6.45, 7) is 3.82. The van der Waals surface area contributed by atoms with Crippen LogP contribution in [0.4, 0.5) is 14.6 Å². The molecule has 10 heteroatoms. The van der Waals surface area contributed by atoms with Crippen molar-refractivity contribution in [1.29, 1.82) is 0 Å². The Balaban J connectivity index is 1.53. The summed E-state index contributed by atoms with van der Waals surface area (Å²) in [6, 6.07) is 4.20. The maximum absolute atomic E-state index is 13.9. The molecule has 31 heavy (non-hydrogen) atoms. The highest BCUT2D eigenvalue weighted by molar-refractivity contribution is 6.10. The molecule has 1 aliphatic rings. The molecule has 2 aromatic heterocycles. The summed E-state index contributed by atoms with van der Waals surface area (Å²) in [5, 5.41) is 27.3. The number of rotatable bonds is 6. The number of halogens is 2. The van der Waals surface area contributed by atoms with Gasteiger partial charge in [0.15, 0.2) is 0 Å². The smallest absolute Gasteiger partial charge is 0.218 e. The van der Waals surface area contributed by atoms with E-state index in [1.165, 1.54) is 35.5 Å². The van der Waals surface area contributed by atoms with E-state index in [1.54, 1.807) is 0 Å². The van der Waals surface area contributed by atoms with Crippen LogP contribution in [-0.2, 0) is 6.54 Å². The second-order valence-corrected chi connectivity index (χ2v) is 7.48. The average molecular weight is 428 g/mol. The zero-order valence-electron chi connectivity index (χ0n) is 16.3. The van der Waals surface area contributed by atoms with Crippen LogP contribution in [0.2, 0.25) is 0 Å². The van der Waals surface area contributed by atoms with Gasteiger partial charge in [-0.1, -0.05) is 6.07 Å². The lowest BCUT2D eigenvalue weighted by atomic mass is 10.1. The topological polar surface area (TPSA) is 113 Å². The Hall–Kier alpha value is -3.24. The van der Waals surface area contributed by atoms with E-state index in [0.717, 1.165) is 12.1 Å². The van der Waals surface area contributed by atoms with Gasteiger partial charge in [-0.15, -0.1) is 0 Å². The van der Waals surface area contributed by atoms with Gasteiger partial charge in [0, 0.05) is 24.0 Å². The molecule has 1 saturated carbocycles. The molecule has 8 nitrogen and oxygen atoms in total. The minimum absolute atomic E-state index is 0.0207. The van der Waals surface area contributed by atoms with Crippen LogP contribution >= 0.6 is 0 Å². The molecule has 1 radical (unpaired) electrons. The van der Waals surface area contributed by atoms with Gasteiger partial charge in [0.2, 0.25) is 5.78 Å². The molecular weight excluding hydrogens is 408 g/mol. The normalized spacial score (nSPS) is 23.1. The van der Waals surface area contributed by atoms with Crippen LogP contribution in [0, 0.1) is 24.5 Å². The molecule has 2 heterocycles. The van der Waals surface area contributed by atoms with Gasteiger partial charge in [-0.05, 0) is 31.4 Å². The van der Waals surface area contributed by atoms with Crippen molar-refractivity contribution in [1.82, 2.24) is 19.7 Å². The molecular formula is C21H20F2N5O3. The van der Waals surface area contributed by atoms with Crippen LogP contribution in [0.25, 0.3) is 0 Å². The third-order valence-electron chi connectivity index (χ3n) is 5.30. The maximum atomic E-state index is 13.9. The Bertz CT molecular complexity index is 1110. The first-order chi connectivity index (χ1) is 14.8. The molecule has 3 N–H and O–H groups in total. The van der Waals surface area contributed by atoms with Gasteiger partial charge in [-0.25, -0.2) is 18.7 Å². The molecule has 1 fully saturated rings. The van der Waals surface area contributed by atoms with E-state index >= 15 is 0 Å². The highest BCUT2D eigenvalue weighted by atomic mass is 19.1. The first-order valence-electron chi connectivity index (χ1n) is 9.61. The molecule has 3 aromatic rings. The fraction of sp³-hybridized carbons (Fsp3) is 0.286. The van der Waals surface area contributed by atoms with Gasteiger partial charge >= 0.3 is 0 Å². The van der Waals surface area contributed by atoms with Crippen molar-refractivity contribution in [3.63, 3.8) is 0 Å². The highest BCUT2D eigenvalue weighted by Gasteiger charge is 2.39. The summed E-state index contributed by atoms with van der Waals surface area (Å²) < 4.78 is 28.3. The van der Waals surface area contributed by atoms with Crippen LogP contribution in [0.1, 0.15) is 28.0 Å². The molecule has 0 saturated heterocycles. The molecule has 1 aromatic carbocycles. The van der Waals surface area contributed by atoms with E-state index in [1.807, 2.05) is 0 Å². The van der Waals surface area contributed by atoms with E-state index in [2.05, 4.69) is 27.3 Å². The molecule has 4 atom stereocenters. The molecule has 1 aliphatic carbocycles. The summed E-state index contributed by atoms with van der Waals surface area (Å²) in [4.78, 5) is 21.0. The van der Waals surface area contributed by atoms with Crippen molar-refractivity contribution >= 4 is 11.6 Å². The first kappa shape index (κ1) is 21.0. The van der Waals surface area contributed by atoms with Gasteiger partial charge in [0.1, 0.15) is 35.6 Å². The Morgan fingerprint density at radius 3 is 2.77 bits per heavy atom. The first-order valence-corrected chi connectivity index (χ1v) is 9.61. The van der Waals surface area contributed by atoms with Crippen molar-refractivity contribution in [2.75, 3.05) is 5.32 Å². The molecule has 0 spiro atoms. The number of carbonyl (C=O) groups excluding carboxylic acids is 1. The molecule has 161 valence electrons. The fourth-order valence-corrected chi connectivity index (χ4v) is 3.59. The minimum Gasteiger partial charge on any atom is -0.390 e. The number of aliphatic hydroxyl groups is 2. The molecule has 4 rings (SSSR count). The van der Waals surface area contributed by atoms with Gasteiger partial charge in [-0.3, -0.25) is 9.48 Å². The number of ketones is 1. The monoisotopic (exact) mass is 428 g/mol. The van der Waals surface area contributed by atoms with Crippen molar-refractivity contribution < 1.29 is 23.8 Å². The van der Waals surface area contributed by atoms with Crippen molar-refractivity contribution in [2.24, 2.45) is 5.92 Å². The lowest BCUT2D eigenvalue weighted by Gasteiger charge is -2.19. The van der Waals surface area contributed by atoms with Crippen molar-refractivity contribution in [3.05, 3.63) is 78.4 Å². The lowest BCUT2D eigenvalue weighted by molar-refractivity contribution is 0.0256. The van der Waals surface area contributed by atoms with Crippen LogP contribution in [-0.4, -0.2) is 54.0 Å². The number of benzene rings is 1. The zero-order valence-corrected chi connectivity index (χ0v) is 16.3. The molecule has 0 amide bonds. The molecule has 0 aliphatic heterocycles. The van der Waals surface area contributed by atoms with Crippen LogP contribution in [0.3, 0.4) is 0 Å². The largest absolute Gasteiger partial charge is 0.390 e. The SMILES string of the molecule is [CH2][C@@H]1C[C@@H](Nc2ncncc2C(=O)c2ccn(Cc3ccc(F)cc3F)n2)[C@H](O)[C@@H]1O. The van der Waals surface area contributed by atoms with Gasteiger partial charge < -0.3 is 15.5 Å². The number of nitrogens with zero attached hydrogens (tertiary/aromatic N) is 4. The van der Waals surface area contributed by atoms with E-state index in [4.69, 9.17) is 0 Å². The summed E-state index contributed by atoms with van der Waals surface area (Å²) in [7, 11) is 0. The Labute approximate surface area is 176 Å². The van der Waals surface area contributed by atoms with Crippen LogP contribution in [0.5, 0.6) is 0 Å². The predicted octanol–water partition coefficient (Wildman–Crippen LogP) is 1.59. The van der Waals surface area contributed by atoms with Crippen molar-refractivity contribution in [3.8, 4) is 0 Å². The van der Waals surface area contributed by atoms with Gasteiger partial charge in [-0.2, -0.15) is 5.10 Å². The predicted molar refractivity (Wildman–Crippen MR) is 106 cm³/mol. The number of aromatic nitrogens is 4. The zero-order chi connectivity index (χ0) is 22.1. The lowest BCUT2D eigenvalue weighted by Crippen LogP contribution is -2.35. The molecule has 0 unspecified atom stereocenters. The van der Waals surface area contributed by atoms with Gasteiger partial charge in [0.05, 0.1) is 24.3 Å². The van der Waals surface area contributed by atoms with E-state index in [9.17, 15) is 23.8 Å². The summed E-state index contributed by atoms with van der Waals surface area (Å²) >= 11 is 0. The van der Waals surface area contributed by atoms with Gasteiger partial charge in [0.25, 0.3) is 0 Å². The number of aliphatic hydroxyl groups excluding tert-OH is 2. The van der Waals surface area contributed by atoms with E-state index < -0.39 is 35.7 Å². The summed E-state index contributed by atoms with van der Waals surface area (Å²) in [5.41, 5.74) is 0.447. The number of hydrogen-bond acceptors (Lipinski definition) is 7. The summed E-state index contributed by atoms with van der Waals surface area (Å²) in [5.74, 6) is -2.00. The average Bonchev–Trinajstić information content (AvgIpc) is 3.31. The number of anilines is 1. The Kier molecular flexibility index (Phi) is 5.75. The van der Waals surface area contributed by atoms with E-state index in [0.29, 0.717) is 6.42 Å². The van der Waals surface area contributed by atoms with Crippen LogP contribution in [0.15, 0.2) is 43.0 Å². The Morgan fingerprint density at radius 2 is 2.06 bits per heavy atom. The second kappa shape index (κ2) is 8.48. The summed E-state index contributed by atoms with van der Waals surface area (Å²) in [6.07, 6.45) is 2.48. The quantitative estimate of drug-likeness (QED) is 0.511.